The van der Waals surface area contributed by atoms with Crippen LogP contribution in [0.1, 0.15) is 37.3 Å². The molecule has 0 N–H and O–H groups in total. The largest absolute Gasteiger partial charge is 0.398 e. The number of thioether (sulfide) groups is 1. The lowest BCUT2D eigenvalue weighted by Gasteiger charge is -2.15. The molecule has 0 saturated carbocycles. The van der Waals surface area contributed by atoms with Crippen molar-refractivity contribution in [2.75, 3.05) is 5.75 Å². The Kier molecular flexibility index (Phi) is 5.08. The zero-order valence-electron chi connectivity index (χ0n) is 10.6. The summed E-state index contributed by atoms with van der Waals surface area (Å²) in [6.45, 7) is 5.42. The van der Waals surface area contributed by atoms with Crippen LogP contribution in [-0.4, -0.2) is 11.9 Å². The van der Waals surface area contributed by atoms with Crippen molar-refractivity contribution in [3.05, 3.63) is 29.1 Å². The standard InChI is InChI=1S/C13H16F4S/c1-4-8(2)10-6-12(9(3)5-11(10)14)18-7-13(15,16)17/h5-6,8H,4,7H2,1-3H3. The van der Waals surface area contributed by atoms with Crippen LogP contribution in [0.25, 0.3) is 0 Å². The average molecular weight is 280 g/mol. The normalized spacial score (nSPS) is 13.7. The lowest BCUT2D eigenvalue weighted by molar-refractivity contribution is -0.105. The molecule has 18 heavy (non-hydrogen) atoms. The molecule has 0 amide bonds. The summed E-state index contributed by atoms with van der Waals surface area (Å²) in [6, 6.07) is 2.87. The third-order valence-corrected chi connectivity index (χ3v) is 4.05. The molecule has 0 aliphatic carbocycles. The number of aryl methyl sites for hydroxylation is 1. The molecule has 0 nitrogen and oxygen atoms in total. The minimum atomic E-state index is -4.21. The van der Waals surface area contributed by atoms with Crippen molar-refractivity contribution in [1.29, 1.82) is 0 Å². The van der Waals surface area contributed by atoms with Gasteiger partial charge >= 0.3 is 6.18 Å². The zero-order valence-corrected chi connectivity index (χ0v) is 11.4. The summed E-state index contributed by atoms with van der Waals surface area (Å²) in [5.74, 6) is -1.27. The molecular formula is C13H16F4S. The Hall–Kier alpha value is -0.710. The van der Waals surface area contributed by atoms with Crippen molar-refractivity contribution >= 4 is 11.8 Å². The summed E-state index contributed by atoms with van der Waals surface area (Å²) < 4.78 is 50.3. The molecule has 1 unspecified atom stereocenters. The minimum Gasteiger partial charge on any atom is -0.207 e. The molecule has 0 aliphatic heterocycles. The summed E-state index contributed by atoms with van der Waals surface area (Å²) in [5.41, 5.74) is 1.04. The van der Waals surface area contributed by atoms with Crippen LogP contribution in [0.4, 0.5) is 17.6 Å². The fraction of sp³-hybridized carbons (Fsp3) is 0.538. The molecule has 0 spiro atoms. The van der Waals surface area contributed by atoms with Gasteiger partial charge in [0, 0.05) is 4.90 Å². The second kappa shape index (κ2) is 5.95. The Labute approximate surface area is 109 Å². The molecule has 1 atom stereocenters. The number of hydrogen-bond acceptors (Lipinski definition) is 1. The van der Waals surface area contributed by atoms with E-state index in [2.05, 4.69) is 0 Å². The maximum Gasteiger partial charge on any atom is 0.398 e. The van der Waals surface area contributed by atoms with Crippen LogP contribution in [0.3, 0.4) is 0 Å². The van der Waals surface area contributed by atoms with E-state index in [0.29, 0.717) is 27.8 Å². The monoisotopic (exact) mass is 280 g/mol. The third-order valence-electron chi connectivity index (χ3n) is 2.83. The first-order valence-corrected chi connectivity index (χ1v) is 6.72. The minimum absolute atomic E-state index is 0.0100. The summed E-state index contributed by atoms with van der Waals surface area (Å²) in [6.07, 6.45) is -3.45. The lowest BCUT2D eigenvalue weighted by atomic mass is 9.97. The van der Waals surface area contributed by atoms with Gasteiger partial charge in [-0.3, -0.25) is 0 Å². The molecule has 5 heteroatoms. The second-order valence-electron chi connectivity index (χ2n) is 4.35. The molecule has 0 saturated heterocycles. The quantitative estimate of drug-likeness (QED) is 0.532. The van der Waals surface area contributed by atoms with E-state index < -0.39 is 11.9 Å². The Morgan fingerprint density at radius 3 is 2.39 bits per heavy atom. The van der Waals surface area contributed by atoms with Crippen molar-refractivity contribution in [2.24, 2.45) is 0 Å². The molecule has 0 bridgehead atoms. The van der Waals surface area contributed by atoms with Crippen LogP contribution < -0.4 is 0 Å². The molecule has 1 rings (SSSR count). The second-order valence-corrected chi connectivity index (χ2v) is 5.37. The maximum atomic E-state index is 13.7. The van der Waals surface area contributed by atoms with Gasteiger partial charge in [0.2, 0.25) is 0 Å². The van der Waals surface area contributed by atoms with Crippen LogP contribution in [-0.2, 0) is 0 Å². The zero-order chi connectivity index (χ0) is 13.9. The Morgan fingerprint density at radius 1 is 1.28 bits per heavy atom. The van der Waals surface area contributed by atoms with E-state index in [9.17, 15) is 17.6 Å². The number of hydrogen-bond donors (Lipinski definition) is 0. The van der Waals surface area contributed by atoms with E-state index in [1.165, 1.54) is 6.07 Å². The summed E-state index contributed by atoms with van der Waals surface area (Å²) in [4.78, 5) is 0.504. The number of halogens is 4. The van der Waals surface area contributed by atoms with E-state index in [1.54, 1.807) is 13.0 Å². The van der Waals surface area contributed by atoms with Gasteiger partial charge in [-0.1, -0.05) is 13.8 Å². The van der Waals surface area contributed by atoms with Crippen LogP contribution in [0, 0.1) is 12.7 Å². The van der Waals surface area contributed by atoms with Gasteiger partial charge < -0.3 is 0 Å². The molecule has 0 heterocycles. The van der Waals surface area contributed by atoms with Crippen LogP contribution in [0.2, 0.25) is 0 Å². The third kappa shape index (κ3) is 4.19. The highest BCUT2D eigenvalue weighted by Crippen LogP contribution is 2.33. The maximum absolute atomic E-state index is 13.7. The lowest BCUT2D eigenvalue weighted by Crippen LogP contribution is -2.11. The summed E-state index contributed by atoms with van der Waals surface area (Å²) >= 11 is 0.713. The fourth-order valence-electron chi connectivity index (χ4n) is 1.58. The van der Waals surface area contributed by atoms with Gasteiger partial charge in [0.1, 0.15) is 5.82 Å². The first-order chi connectivity index (χ1) is 8.24. The number of alkyl halides is 3. The SMILES string of the molecule is CCC(C)c1cc(SCC(F)(F)F)c(C)cc1F. The first-order valence-electron chi connectivity index (χ1n) is 5.74. The molecule has 0 fully saturated rings. The number of rotatable bonds is 4. The molecule has 102 valence electrons. The summed E-state index contributed by atoms with van der Waals surface area (Å²) in [7, 11) is 0. The van der Waals surface area contributed by atoms with E-state index in [1.807, 2.05) is 13.8 Å². The van der Waals surface area contributed by atoms with Crippen molar-refractivity contribution < 1.29 is 17.6 Å². The Bertz CT molecular complexity index is 412. The van der Waals surface area contributed by atoms with Gasteiger partial charge in [-0.25, -0.2) is 4.39 Å². The van der Waals surface area contributed by atoms with Gasteiger partial charge in [0.05, 0.1) is 5.75 Å². The predicted molar refractivity (Wildman–Crippen MR) is 66.6 cm³/mol. The molecular weight excluding hydrogens is 264 g/mol. The van der Waals surface area contributed by atoms with Gasteiger partial charge in [0.15, 0.2) is 0 Å². The number of benzene rings is 1. The van der Waals surface area contributed by atoms with Crippen molar-refractivity contribution in [1.82, 2.24) is 0 Å². The Balaban J connectivity index is 2.98. The highest BCUT2D eigenvalue weighted by molar-refractivity contribution is 7.99. The van der Waals surface area contributed by atoms with Crippen LogP contribution >= 0.6 is 11.8 Å². The van der Waals surface area contributed by atoms with Crippen molar-refractivity contribution in [3.63, 3.8) is 0 Å². The molecule has 1 aromatic carbocycles. The van der Waals surface area contributed by atoms with Gasteiger partial charge in [-0.15, -0.1) is 11.8 Å². The molecule has 0 aliphatic rings. The average Bonchev–Trinajstić information content (AvgIpc) is 2.25. The highest BCUT2D eigenvalue weighted by Gasteiger charge is 2.27. The fourth-order valence-corrected chi connectivity index (χ4v) is 2.40. The van der Waals surface area contributed by atoms with E-state index in [-0.39, 0.29) is 11.7 Å². The molecule has 0 aromatic heterocycles. The van der Waals surface area contributed by atoms with Crippen LogP contribution in [0.5, 0.6) is 0 Å². The van der Waals surface area contributed by atoms with E-state index in [0.717, 1.165) is 6.42 Å². The van der Waals surface area contributed by atoms with Gasteiger partial charge in [-0.05, 0) is 42.5 Å². The van der Waals surface area contributed by atoms with Gasteiger partial charge in [0.25, 0.3) is 0 Å². The van der Waals surface area contributed by atoms with Gasteiger partial charge in [-0.2, -0.15) is 13.2 Å². The molecule has 0 radical (unpaired) electrons. The van der Waals surface area contributed by atoms with Crippen LogP contribution in [0.15, 0.2) is 17.0 Å². The molecule has 1 aromatic rings. The smallest absolute Gasteiger partial charge is 0.207 e. The first kappa shape index (κ1) is 15.3. The van der Waals surface area contributed by atoms with E-state index in [4.69, 9.17) is 0 Å². The van der Waals surface area contributed by atoms with E-state index >= 15 is 0 Å². The Morgan fingerprint density at radius 2 is 1.89 bits per heavy atom. The van der Waals surface area contributed by atoms with Crippen molar-refractivity contribution in [2.45, 2.75) is 44.2 Å². The predicted octanol–water partition coefficient (Wildman–Crippen LogP) is 5.30. The highest BCUT2D eigenvalue weighted by atomic mass is 32.2. The topological polar surface area (TPSA) is 0 Å². The van der Waals surface area contributed by atoms with Crippen molar-refractivity contribution in [3.8, 4) is 0 Å². The summed E-state index contributed by atoms with van der Waals surface area (Å²) in [5, 5.41) is 0.